The molecule has 2 heterocycles. The van der Waals surface area contributed by atoms with Crippen molar-refractivity contribution in [1.29, 1.82) is 0 Å². The van der Waals surface area contributed by atoms with E-state index in [2.05, 4.69) is 20.4 Å². The second-order valence-electron chi connectivity index (χ2n) is 5.10. The largest absolute Gasteiger partial charge is 0.367 e. The molecule has 8 heteroatoms. The van der Waals surface area contributed by atoms with Gasteiger partial charge in [-0.3, -0.25) is 4.68 Å². The van der Waals surface area contributed by atoms with Crippen LogP contribution in [-0.4, -0.2) is 32.8 Å². The molecule has 3 aromatic rings. The van der Waals surface area contributed by atoms with Crippen LogP contribution in [0.25, 0.3) is 22.3 Å². The molecule has 0 aliphatic rings. The third-order valence-corrected chi connectivity index (χ3v) is 4.06. The number of halogens is 2. The Kier molecular flexibility index (Phi) is 4.39. The molecule has 0 saturated heterocycles. The molecule has 0 unspecified atom stereocenters. The molecule has 0 saturated carbocycles. The van der Waals surface area contributed by atoms with Gasteiger partial charge in [0.05, 0.1) is 15.7 Å². The Balaban J connectivity index is 2.30. The maximum atomic E-state index is 6.36. The van der Waals surface area contributed by atoms with E-state index in [9.17, 15) is 0 Å². The molecule has 120 valence electrons. The maximum Gasteiger partial charge on any atom is 0.158 e. The summed E-state index contributed by atoms with van der Waals surface area (Å²) >= 11 is 12.7. The second-order valence-corrected chi connectivity index (χ2v) is 5.92. The Hall–Kier alpha value is -1.89. The van der Waals surface area contributed by atoms with Gasteiger partial charge in [-0.15, -0.1) is 0 Å². The van der Waals surface area contributed by atoms with E-state index in [1.165, 1.54) is 0 Å². The number of nitrogens with one attached hydrogen (secondary N) is 1. The van der Waals surface area contributed by atoms with Crippen LogP contribution >= 0.6 is 23.2 Å². The van der Waals surface area contributed by atoms with Crippen LogP contribution in [0, 0.1) is 6.92 Å². The lowest BCUT2D eigenvalue weighted by Crippen LogP contribution is -2.14. The molecule has 2 aromatic heterocycles. The van der Waals surface area contributed by atoms with E-state index in [4.69, 9.17) is 28.9 Å². The summed E-state index contributed by atoms with van der Waals surface area (Å²) in [5.74, 6) is 1.29. The van der Waals surface area contributed by atoms with Crippen LogP contribution in [0.3, 0.4) is 0 Å². The third kappa shape index (κ3) is 2.85. The maximum absolute atomic E-state index is 6.36. The van der Waals surface area contributed by atoms with E-state index in [0.29, 0.717) is 51.4 Å². The van der Waals surface area contributed by atoms with Gasteiger partial charge in [0.1, 0.15) is 11.3 Å². The minimum absolute atomic E-state index is 0.501. The highest BCUT2D eigenvalue weighted by Crippen LogP contribution is 2.38. The monoisotopic (exact) mass is 350 g/mol. The zero-order chi connectivity index (χ0) is 16.6. The fraction of sp³-hybridized carbons (Fsp3) is 0.267. The van der Waals surface area contributed by atoms with Crippen molar-refractivity contribution >= 4 is 40.1 Å². The number of nitrogens with zero attached hydrogens (tertiary/aromatic N) is 4. The van der Waals surface area contributed by atoms with Gasteiger partial charge in [-0.1, -0.05) is 29.3 Å². The standard InChI is InChI=1S/C15H16Cl2N6/c1-8-20-12-13(15(21-8)19-7-6-18)22-23(2)14(12)11-9(16)4-3-5-10(11)17/h3-5H,6-7,18H2,1-2H3,(H,19,20,21). The summed E-state index contributed by atoms with van der Waals surface area (Å²) in [6.45, 7) is 2.93. The first-order valence-corrected chi connectivity index (χ1v) is 7.88. The van der Waals surface area contributed by atoms with Crippen LogP contribution in [0.2, 0.25) is 10.0 Å². The van der Waals surface area contributed by atoms with Crippen molar-refractivity contribution in [2.24, 2.45) is 12.8 Å². The fourth-order valence-electron chi connectivity index (χ4n) is 2.50. The Morgan fingerprint density at radius 2 is 1.87 bits per heavy atom. The van der Waals surface area contributed by atoms with Crippen LogP contribution < -0.4 is 11.1 Å². The summed E-state index contributed by atoms with van der Waals surface area (Å²) in [4.78, 5) is 8.95. The van der Waals surface area contributed by atoms with E-state index in [0.717, 1.165) is 5.69 Å². The van der Waals surface area contributed by atoms with E-state index in [1.807, 2.05) is 14.0 Å². The van der Waals surface area contributed by atoms with Crippen LogP contribution in [0.5, 0.6) is 0 Å². The first kappa shape index (κ1) is 16.0. The number of aryl methyl sites for hydroxylation is 2. The number of hydrogen-bond donors (Lipinski definition) is 2. The summed E-state index contributed by atoms with van der Waals surface area (Å²) in [6, 6.07) is 5.40. The van der Waals surface area contributed by atoms with Crippen LogP contribution in [0.15, 0.2) is 18.2 Å². The lowest BCUT2D eigenvalue weighted by atomic mass is 10.1. The number of anilines is 1. The van der Waals surface area contributed by atoms with Crippen LogP contribution in [0.4, 0.5) is 5.82 Å². The highest BCUT2D eigenvalue weighted by molar-refractivity contribution is 6.39. The number of benzene rings is 1. The third-order valence-electron chi connectivity index (χ3n) is 3.43. The van der Waals surface area contributed by atoms with Gasteiger partial charge in [0.15, 0.2) is 11.3 Å². The molecule has 0 aliphatic carbocycles. The van der Waals surface area contributed by atoms with Crippen molar-refractivity contribution in [3.63, 3.8) is 0 Å². The molecule has 3 N–H and O–H groups in total. The second kappa shape index (κ2) is 6.31. The Bertz CT molecular complexity index is 854. The molecule has 6 nitrogen and oxygen atoms in total. The van der Waals surface area contributed by atoms with Crippen molar-refractivity contribution in [2.45, 2.75) is 6.92 Å². The SMILES string of the molecule is Cc1nc(NCCN)c2nn(C)c(-c3c(Cl)cccc3Cl)c2n1. The molecule has 0 amide bonds. The first-order chi connectivity index (χ1) is 11.0. The van der Waals surface area contributed by atoms with Crippen molar-refractivity contribution < 1.29 is 0 Å². The summed E-state index contributed by atoms with van der Waals surface area (Å²) in [7, 11) is 1.83. The van der Waals surface area contributed by atoms with E-state index in [1.54, 1.807) is 22.9 Å². The normalized spacial score (nSPS) is 11.2. The van der Waals surface area contributed by atoms with Crippen molar-refractivity contribution in [3.8, 4) is 11.3 Å². The smallest absolute Gasteiger partial charge is 0.158 e. The molecule has 0 fully saturated rings. The van der Waals surface area contributed by atoms with Gasteiger partial charge in [0, 0.05) is 25.7 Å². The minimum atomic E-state index is 0.501. The number of hydrogen-bond acceptors (Lipinski definition) is 5. The molecule has 0 radical (unpaired) electrons. The average molecular weight is 351 g/mol. The Morgan fingerprint density at radius 3 is 2.52 bits per heavy atom. The van der Waals surface area contributed by atoms with Crippen LogP contribution in [-0.2, 0) is 7.05 Å². The summed E-state index contributed by atoms with van der Waals surface area (Å²) in [5, 5.41) is 8.82. The number of rotatable bonds is 4. The molecule has 23 heavy (non-hydrogen) atoms. The predicted molar refractivity (Wildman–Crippen MR) is 94.0 cm³/mol. The Labute approximate surface area is 143 Å². The van der Waals surface area contributed by atoms with Gasteiger partial charge in [-0.25, -0.2) is 9.97 Å². The van der Waals surface area contributed by atoms with E-state index >= 15 is 0 Å². The predicted octanol–water partition coefficient (Wildman–Crippen LogP) is 3.02. The van der Waals surface area contributed by atoms with Crippen molar-refractivity contribution in [1.82, 2.24) is 19.7 Å². The average Bonchev–Trinajstić information content (AvgIpc) is 2.81. The summed E-state index contributed by atoms with van der Waals surface area (Å²) in [5.41, 5.74) is 8.40. The highest BCUT2D eigenvalue weighted by Gasteiger charge is 2.21. The molecule has 3 rings (SSSR count). The summed E-state index contributed by atoms with van der Waals surface area (Å²) in [6.07, 6.45) is 0. The zero-order valence-corrected chi connectivity index (χ0v) is 14.3. The van der Waals surface area contributed by atoms with Crippen molar-refractivity contribution in [3.05, 3.63) is 34.1 Å². The molecule has 0 aliphatic heterocycles. The molecular formula is C15H16Cl2N6. The minimum Gasteiger partial charge on any atom is -0.367 e. The molecule has 0 bridgehead atoms. The molecule has 0 spiro atoms. The Morgan fingerprint density at radius 1 is 1.17 bits per heavy atom. The quantitative estimate of drug-likeness (QED) is 0.755. The molecule has 0 atom stereocenters. The van der Waals surface area contributed by atoms with Crippen LogP contribution in [0.1, 0.15) is 5.82 Å². The van der Waals surface area contributed by atoms with Gasteiger partial charge in [-0.2, -0.15) is 5.10 Å². The number of fused-ring (bicyclic) bond motifs is 1. The lowest BCUT2D eigenvalue weighted by Gasteiger charge is -2.08. The highest BCUT2D eigenvalue weighted by atomic mass is 35.5. The summed E-state index contributed by atoms with van der Waals surface area (Å²) < 4.78 is 1.72. The van der Waals surface area contributed by atoms with E-state index in [-0.39, 0.29) is 0 Å². The first-order valence-electron chi connectivity index (χ1n) is 7.12. The van der Waals surface area contributed by atoms with Gasteiger partial charge < -0.3 is 11.1 Å². The number of nitrogens with two attached hydrogens (primary N) is 1. The van der Waals surface area contributed by atoms with Gasteiger partial charge in [-0.05, 0) is 19.1 Å². The molecule has 1 aromatic carbocycles. The lowest BCUT2D eigenvalue weighted by molar-refractivity contribution is 0.787. The van der Waals surface area contributed by atoms with Crippen molar-refractivity contribution in [2.75, 3.05) is 18.4 Å². The van der Waals surface area contributed by atoms with Gasteiger partial charge >= 0.3 is 0 Å². The topological polar surface area (TPSA) is 81.6 Å². The van der Waals surface area contributed by atoms with E-state index < -0.39 is 0 Å². The van der Waals surface area contributed by atoms with Gasteiger partial charge in [0.25, 0.3) is 0 Å². The fourth-order valence-corrected chi connectivity index (χ4v) is 3.07. The zero-order valence-electron chi connectivity index (χ0n) is 12.8. The van der Waals surface area contributed by atoms with Gasteiger partial charge in [0.2, 0.25) is 0 Å². The molecular weight excluding hydrogens is 335 g/mol. The number of aromatic nitrogens is 4.